The van der Waals surface area contributed by atoms with Gasteiger partial charge >= 0.3 is 0 Å². The lowest BCUT2D eigenvalue weighted by Crippen LogP contribution is -2.39. The molecule has 0 fully saturated rings. The van der Waals surface area contributed by atoms with Gasteiger partial charge in [0.15, 0.2) is 18.1 Å². The van der Waals surface area contributed by atoms with Crippen molar-refractivity contribution in [3.05, 3.63) is 46.7 Å². The van der Waals surface area contributed by atoms with Crippen molar-refractivity contribution < 1.29 is 14.5 Å². The molecule has 0 saturated carbocycles. The predicted molar refractivity (Wildman–Crippen MR) is 77.8 cm³/mol. The van der Waals surface area contributed by atoms with E-state index < -0.39 is 0 Å². The van der Waals surface area contributed by atoms with Gasteiger partial charge in [-0.15, -0.1) is 0 Å². The summed E-state index contributed by atoms with van der Waals surface area (Å²) in [5, 5.41) is 12.4. The van der Waals surface area contributed by atoms with E-state index in [1.54, 1.807) is 17.0 Å². The van der Waals surface area contributed by atoms with Crippen molar-refractivity contribution in [2.75, 3.05) is 11.1 Å². The van der Waals surface area contributed by atoms with Crippen LogP contribution in [0.2, 0.25) is 10.0 Å². The fourth-order valence-corrected chi connectivity index (χ4v) is 2.07. The third-order valence-electron chi connectivity index (χ3n) is 2.61. The monoisotopic (exact) mass is 312 g/mol. The Kier molecular flexibility index (Phi) is 4.32. The third-order valence-corrected chi connectivity index (χ3v) is 3.30. The summed E-state index contributed by atoms with van der Waals surface area (Å²) < 4.78 is 1.69. The maximum atomic E-state index is 11.9. The van der Waals surface area contributed by atoms with Gasteiger partial charge in [-0.05, 0) is 6.07 Å². The van der Waals surface area contributed by atoms with Gasteiger partial charge in [0.05, 0.1) is 16.4 Å². The summed E-state index contributed by atoms with van der Waals surface area (Å²) >= 11 is 11.7. The van der Waals surface area contributed by atoms with Gasteiger partial charge in [-0.1, -0.05) is 29.3 Å². The number of aromatic hydroxyl groups is 1. The summed E-state index contributed by atoms with van der Waals surface area (Å²) in [5.41, 5.74) is 5.76. The molecule has 1 aromatic carbocycles. The van der Waals surface area contributed by atoms with Crippen LogP contribution in [0.15, 0.2) is 36.7 Å². The molecule has 0 saturated heterocycles. The highest BCUT2D eigenvalue weighted by Crippen LogP contribution is 2.40. The molecule has 2 aromatic rings. The van der Waals surface area contributed by atoms with E-state index in [9.17, 15) is 9.90 Å². The molecule has 1 aromatic heterocycles. The number of halogens is 2. The van der Waals surface area contributed by atoms with Crippen LogP contribution in [0.4, 0.5) is 11.4 Å². The van der Waals surface area contributed by atoms with Crippen molar-refractivity contribution in [2.24, 2.45) is 0 Å². The summed E-state index contributed by atoms with van der Waals surface area (Å²) in [6, 6.07) is 6.81. The molecule has 104 valence electrons. The molecule has 0 radical (unpaired) electrons. The Morgan fingerprint density at radius 3 is 2.60 bits per heavy atom. The van der Waals surface area contributed by atoms with Crippen molar-refractivity contribution in [2.45, 2.75) is 6.54 Å². The van der Waals surface area contributed by atoms with Crippen LogP contribution in [0.1, 0.15) is 0 Å². The normalized spacial score (nSPS) is 10.3. The lowest BCUT2D eigenvalue weighted by atomic mass is 10.2. The zero-order valence-corrected chi connectivity index (χ0v) is 11.8. The van der Waals surface area contributed by atoms with Crippen molar-refractivity contribution in [3.8, 4) is 5.75 Å². The third kappa shape index (κ3) is 3.12. The van der Waals surface area contributed by atoms with Crippen LogP contribution in [0.3, 0.4) is 0 Å². The van der Waals surface area contributed by atoms with Gasteiger partial charge in [0, 0.05) is 12.1 Å². The maximum Gasteiger partial charge on any atom is 0.290 e. The van der Waals surface area contributed by atoms with Gasteiger partial charge < -0.3 is 16.2 Å². The number of amides is 1. The van der Waals surface area contributed by atoms with Crippen LogP contribution in [-0.2, 0) is 11.3 Å². The topological polar surface area (TPSA) is 79.2 Å². The quantitative estimate of drug-likeness (QED) is 0.462. The zero-order valence-electron chi connectivity index (χ0n) is 10.3. The number of carbonyl (C=O) groups is 1. The Labute approximate surface area is 125 Å². The highest BCUT2D eigenvalue weighted by atomic mass is 35.5. The molecule has 0 aliphatic rings. The molecule has 0 aliphatic carbocycles. The van der Waals surface area contributed by atoms with E-state index in [-0.39, 0.29) is 39.6 Å². The van der Waals surface area contributed by atoms with Gasteiger partial charge in [0.25, 0.3) is 5.91 Å². The van der Waals surface area contributed by atoms with E-state index in [1.165, 1.54) is 6.07 Å². The van der Waals surface area contributed by atoms with Crippen LogP contribution >= 0.6 is 23.2 Å². The van der Waals surface area contributed by atoms with E-state index in [2.05, 4.69) is 5.32 Å². The van der Waals surface area contributed by atoms with Crippen LogP contribution in [0.5, 0.6) is 5.75 Å². The van der Waals surface area contributed by atoms with Crippen LogP contribution in [0.25, 0.3) is 0 Å². The minimum absolute atomic E-state index is 0.0706. The van der Waals surface area contributed by atoms with E-state index in [4.69, 9.17) is 28.9 Å². The van der Waals surface area contributed by atoms with Gasteiger partial charge in [0.1, 0.15) is 5.02 Å². The lowest BCUT2D eigenvalue weighted by Gasteiger charge is -2.10. The summed E-state index contributed by atoms with van der Waals surface area (Å²) in [6.45, 7) is 0.0971. The number of hydrogen-bond donors (Lipinski definition) is 3. The zero-order chi connectivity index (χ0) is 14.7. The minimum atomic E-state index is -0.326. The summed E-state index contributed by atoms with van der Waals surface area (Å²) in [4.78, 5) is 11.9. The van der Waals surface area contributed by atoms with Gasteiger partial charge in [-0.25, -0.2) is 0 Å². The number of rotatable bonds is 3. The number of hydrogen-bond acceptors (Lipinski definition) is 3. The van der Waals surface area contributed by atoms with Crippen LogP contribution in [-0.4, -0.2) is 11.0 Å². The number of carbonyl (C=O) groups excluding carboxylic acids is 1. The fraction of sp³-hybridized carbons (Fsp3) is 0.0769. The Morgan fingerprint density at radius 1 is 1.30 bits per heavy atom. The van der Waals surface area contributed by atoms with Crippen LogP contribution in [0, 0.1) is 0 Å². The SMILES string of the molecule is Nc1c(Cl)cc(NC(=O)C[n+]2ccccc2)c(O)c1Cl. The molecule has 7 heteroatoms. The molecule has 1 amide bonds. The molecule has 4 N–H and O–H groups in total. The first-order valence-electron chi connectivity index (χ1n) is 5.69. The van der Waals surface area contributed by atoms with Crippen molar-refractivity contribution in [1.82, 2.24) is 0 Å². The molecule has 0 aliphatic heterocycles. The standard InChI is InChI=1S/C13H11Cl2N3O2/c14-8-6-9(13(20)11(15)12(8)16)17-10(19)7-18-4-2-1-3-5-18/h1-6H,7,16H2,(H-,17,19,20)/p+1. The number of nitrogens with one attached hydrogen (secondary N) is 1. The first kappa shape index (κ1) is 14.4. The summed E-state index contributed by atoms with van der Waals surface area (Å²) in [7, 11) is 0. The Bertz CT molecular complexity index is 648. The Balaban J connectivity index is 2.16. The van der Waals surface area contributed by atoms with E-state index in [0.29, 0.717) is 0 Å². The number of nitrogens with two attached hydrogens (primary N) is 1. The van der Waals surface area contributed by atoms with Gasteiger partial charge in [-0.2, -0.15) is 4.57 Å². The van der Waals surface area contributed by atoms with E-state index in [0.717, 1.165) is 0 Å². The first-order chi connectivity index (χ1) is 9.49. The fourth-order valence-electron chi connectivity index (χ4n) is 1.61. The summed E-state index contributed by atoms with van der Waals surface area (Å²) in [5.74, 6) is -0.631. The number of nitrogen functional groups attached to an aromatic ring is 1. The molecule has 5 nitrogen and oxygen atoms in total. The lowest BCUT2D eigenvalue weighted by molar-refractivity contribution is -0.684. The molecule has 1 heterocycles. The van der Waals surface area contributed by atoms with Crippen molar-refractivity contribution >= 4 is 40.5 Å². The largest absolute Gasteiger partial charge is 0.504 e. The number of benzene rings is 1. The maximum absolute atomic E-state index is 11.9. The number of pyridine rings is 1. The molecule has 20 heavy (non-hydrogen) atoms. The molecule has 0 bridgehead atoms. The Morgan fingerprint density at radius 2 is 1.95 bits per heavy atom. The van der Waals surface area contributed by atoms with E-state index >= 15 is 0 Å². The number of anilines is 2. The second kappa shape index (κ2) is 5.98. The Hall–Kier alpha value is -1.98. The van der Waals surface area contributed by atoms with Gasteiger partial charge in [0.2, 0.25) is 6.54 Å². The predicted octanol–water partition coefficient (Wildman–Crippen LogP) is 2.21. The smallest absolute Gasteiger partial charge is 0.290 e. The van der Waals surface area contributed by atoms with Crippen molar-refractivity contribution in [1.29, 1.82) is 0 Å². The number of nitrogens with zero attached hydrogens (tertiary/aromatic N) is 1. The number of aromatic nitrogens is 1. The molecule has 0 spiro atoms. The van der Waals surface area contributed by atoms with Crippen molar-refractivity contribution in [3.63, 3.8) is 0 Å². The number of phenolic OH excluding ortho intramolecular Hbond substituents is 1. The second-order valence-electron chi connectivity index (χ2n) is 4.08. The second-order valence-corrected chi connectivity index (χ2v) is 4.86. The first-order valence-corrected chi connectivity index (χ1v) is 6.45. The molecule has 0 unspecified atom stereocenters. The highest BCUT2D eigenvalue weighted by molar-refractivity contribution is 6.40. The molecular formula is C13H12Cl2N3O2+. The minimum Gasteiger partial charge on any atom is -0.504 e. The summed E-state index contributed by atoms with van der Waals surface area (Å²) in [6.07, 6.45) is 3.50. The van der Waals surface area contributed by atoms with Gasteiger partial charge in [-0.3, -0.25) is 4.79 Å². The molecular weight excluding hydrogens is 301 g/mol. The number of phenols is 1. The average Bonchev–Trinajstić information content (AvgIpc) is 2.43. The van der Waals surface area contributed by atoms with E-state index in [1.807, 2.05) is 18.2 Å². The average molecular weight is 313 g/mol. The molecule has 2 rings (SSSR count). The van der Waals surface area contributed by atoms with Crippen LogP contribution < -0.4 is 15.6 Å². The highest BCUT2D eigenvalue weighted by Gasteiger charge is 2.16. The molecule has 0 atom stereocenters.